The first-order valence-corrected chi connectivity index (χ1v) is 10.4. The first kappa shape index (κ1) is 21.0. The van der Waals surface area contributed by atoms with E-state index in [0.717, 1.165) is 38.0 Å². The first-order chi connectivity index (χ1) is 13.3. The second-order valence-electron chi connectivity index (χ2n) is 7.09. The summed E-state index contributed by atoms with van der Waals surface area (Å²) in [6.45, 7) is 6.62. The van der Waals surface area contributed by atoms with Crippen LogP contribution in [0.5, 0.6) is 0 Å². The van der Waals surface area contributed by atoms with Gasteiger partial charge >= 0.3 is 6.03 Å². The van der Waals surface area contributed by atoms with Gasteiger partial charge in [-0.1, -0.05) is 88.1 Å². The summed E-state index contributed by atoms with van der Waals surface area (Å²) >= 11 is 0. The van der Waals surface area contributed by atoms with Gasteiger partial charge in [0.25, 0.3) is 0 Å². The molecule has 0 aromatic heterocycles. The Labute approximate surface area is 165 Å². The molecule has 0 heterocycles. The fourth-order valence-electron chi connectivity index (χ4n) is 3.21. The lowest BCUT2D eigenvalue weighted by Crippen LogP contribution is -2.44. The van der Waals surface area contributed by atoms with Gasteiger partial charge in [-0.15, -0.1) is 0 Å². The average Bonchev–Trinajstić information content (AvgIpc) is 2.72. The molecule has 2 aromatic carbocycles. The normalized spacial score (nSPS) is 10.6. The summed E-state index contributed by atoms with van der Waals surface area (Å²) in [5.41, 5.74) is 2.18. The molecule has 0 radical (unpaired) electrons. The van der Waals surface area contributed by atoms with Crippen molar-refractivity contribution in [3.63, 3.8) is 0 Å². The van der Waals surface area contributed by atoms with Gasteiger partial charge in [0, 0.05) is 25.3 Å². The summed E-state index contributed by atoms with van der Waals surface area (Å²) in [7, 11) is 0. The minimum Gasteiger partial charge on any atom is -0.320 e. The third-order valence-corrected chi connectivity index (χ3v) is 4.80. The summed E-state index contributed by atoms with van der Waals surface area (Å²) < 4.78 is 0. The number of para-hydroxylation sites is 1. The van der Waals surface area contributed by atoms with Crippen LogP contribution in [0.25, 0.3) is 0 Å². The molecule has 0 fully saturated rings. The summed E-state index contributed by atoms with van der Waals surface area (Å²) in [5, 5.41) is 0. The summed E-state index contributed by atoms with van der Waals surface area (Å²) in [6, 6.07) is 20.5. The number of unbranched alkanes of at least 4 members (excludes halogenated alkanes) is 4. The molecule has 2 amide bonds. The van der Waals surface area contributed by atoms with Crippen LogP contribution in [-0.4, -0.2) is 24.0 Å². The molecule has 0 atom stereocenters. The Hall–Kier alpha value is -2.29. The molecule has 0 aliphatic heterocycles. The van der Waals surface area contributed by atoms with Crippen LogP contribution in [0.4, 0.5) is 10.5 Å². The first-order valence-electron chi connectivity index (χ1n) is 10.4. The number of anilines is 1. The summed E-state index contributed by atoms with van der Waals surface area (Å²) in [6.07, 6.45) is 6.75. The number of carbonyl (C=O) groups excluding carboxylic acids is 1. The van der Waals surface area contributed by atoms with Crippen LogP contribution >= 0.6 is 0 Å². The Kier molecular flexibility index (Phi) is 9.47. The Morgan fingerprint density at radius 3 is 2.00 bits per heavy atom. The predicted molar refractivity (Wildman–Crippen MR) is 115 cm³/mol. The van der Waals surface area contributed by atoms with Crippen LogP contribution in [0.3, 0.4) is 0 Å². The molecule has 27 heavy (non-hydrogen) atoms. The lowest BCUT2D eigenvalue weighted by atomic mass is 10.2. The molecule has 0 aliphatic carbocycles. The minimum atomic E-state index is 0.120. The van der Waals surface area contributed by atoms with Crippen molar-refractivity contribution in [3.8, 4) is 0 Å². The Morgan fingerprint density at radius 2 is 1.37 bits per heavy atom. The third-order valence-electron chi connectivity index (χ3n) is 4.80. The third kappa shape index (κ3) is 7.09. The standard InChI is InChI=1S/C24H34N2O/c1-3-5-7-14-20-26(23-17-12-9-13-18-23)24(27)25(19-6-4-2)21-22-15-10-8-11-16-22/h8-13,15-18H,3-7,14,19-21H2,1-2H3. The molecular weight excluding hydrogens is 332 g/mol. The van der Waals surface area contributed by atoms with E-state index >= 15 is 0 Å². The van der Waals surface area contributed by atoms with Gasteiger partial charge in [-0.2, -0.15) is 0 Å². The SMILES string of the molecule is CCCCCCN(C(=O)N(CCCC)Cc1ccccc1)c1ccccc1. The fraction of sp³-hybridized carbons (Fsp3) is 0.458. The Balaban J connectivity index is 2.16. The van der Waals surface area contributed by atoms with E-state index in [2.05, 4.69) is 26.0 Å². The molecule has 0 saturated heterocycles. The Bertz CT molecular complexity index is 642. The Morgan fingerprint density at radius 1 is 0.741 bits per heavy atom. The van der Waals surface area contributed by atoms with E-state index in [1.165, 1.54) is 24.8 Å². The summed E-state index contributed by atoms with van der Waals surface area (Å²) in [5.74, 6) is 0. The highest BCUT2D eigenvalue weighted by molar-refractivity contribution is 5.92. The maximum absolute atomic E-state index is 13.5. The van der Waals surface area contributed by atoms with Crippen molar-refractivity contribution >= 4 is 11.7 Å². The van der Waals surface area contributed by atoms with Crippen LogP contribution in [0.1, 0.15) is 57.9 Å². The quantitative estimate of drug-likeness (QED) is 0.417. The molecule has 0 aliphatic rings. The number of rotatable bonds is 11. The minimum absolute atomic E-state index is 0.120. The molecule has 0 unspecified atom stereocenters. The molecule has 0 N–H and O–H groups in total. The average molecular weight is 367 g/mol. The smallest absolute Gasteiger partial charge is 0.320 e. The second kappa shape index (κ2) is 12.2. The fourth-order valence-corrected chi connectivity index (χ4v) is 3.21. The number of hydrogen-bond acceptors (Lipinski definition) is 1. The predicted octanol–water partition coefficient (Wildman–Crippen LogP) is 6.50. The molecule has 0 saturated carbocycles. The van der Waals surface area contributed by atoms with E-state index in [9.17, 15) is 4.79 Å². The number of nitrogens with zero attached hydrogens (tertiary/aromatic N) is 2. The van der Waals surface area contributed by atoms with Gasteiger partial charge in [0.15, 0.2) is 0 Å². The zero-order valence-electron chi connectivity index (χ0n) is 16.9. The van der Waals surface area contributed by atoms with E-state index in [1.54, 1.807) is 0 Å². The lowest BCUT2D eigenvalue weighted by Gasteiger charge is -2.31. The topological polar surface area (TPSA) is 23.6 Å². The van der Waals surface area contributed by atoms with E-state index in [-0.39, 0.29) is 6.03 Å². The van der Waals surface area contributed by atoms with E-state index in [4.69, 9.17) is 0 Å². The molecular formula is C24H34N2O. The number of amides is 2. The molecule has 0 bridgehead atoms. The van der Waals surface area contributed by atoms with Gasteiger partial charge in [0.1, 0.15) is 0 Å². The lowest BCUT2D eigenvalue weighted by molar-refractivity contribution is 0.200. The maximum atomic E-state index is 13.5. The van der Waals surface area contributed by atoms with Crippen molar-refractivity contribution < 1.29 is 4.79 Å². The summed E-state index contributed by atoms with van der Waals surface area (Å²) in [4.78, 5) is 17.4. The van der Waals surface area contributed by atoms with Gasteiger partial charge in [-0.25, -0.2) is 4.79 Å². The largest absolute Gasteiger partial charge is 0.324 e. The van der Waals surface area contributed by atoms with Crippen molar-refractivity contribution in [1.29, 1.82) is 0 Å². The van der Waals surface area contributed by atoms with Crippen molar-refractivity contribution in [3.05, 3.63) is 66.2 Å². The van der Waals surface area contributed by atoms with Crippen LogP contribution in [0, 0.1) is 0 Å². The van der Waals surface area contributed by atoms with E-state index in [1.807, 2.05) is 58.3 Å². The maximum Gasteiger partial charge on any atom is 0.324 e. The number of carbonyl (C=O) groups is 1. The highest BCUT2D eigenvalue weighted by Crippen LogP contribution is 2.19. The zero-order chi connectivity index (χ0) is 19.3. The highest BCUT2D eigenvalue weighted by atomic mass is 16.2. The van der Waals surface area contributed by atoms with Gasteiger partial charge in [0.05, 0.1) is 0 Å². The zero-order valence-corrected chi connectivity index (χ0v) is 16.9. The second-order valence-corrected chi connectivity index (χ2v) is 7.09. The number of benzene rings is 2. The van der Waals surface area contributed by atoms with Crippen LogP contribution < -0.4 is 4.90 Å². The van der Waals surface area contributed by atoms with Crippen molar-refractivity contribution in [1.82, 2.24) is 4.90 Å². The van der Waals surface area contributed by atoms with Crippen LogP contribution in [-0.2, 0) is 6.54 Å². The molecule has 2 aromatic rings. The molecule has 2 rings (SSSR count). The molecule has 0 spiro atoms. The molecule has 146 valence electrons. The van der Waals surface area contributed by atoms with Gasteiger partial charge < -0.3 is 4.90 Å². The van der Waals surface area contributed by atoms with E-state index in [0.29, 0.717) is 6.54 Å². The number of hydrogen-bond donors (Lipinski definition) is 0. The van der Waals surface area contributed by atoms with Crippen LogP contribution in [0.2, 0.25) is 0 Å². The van der Waals surface area contributed by atoms with Crippen molar-refractivity contribution in [2.75, 3.05) is 18.0 Å². The van der Waals surface area contributed by atoms with Gasteiger partial charge in [0.2, 0.25) is 0 Å². The van der Waals surface area contributed by atoms with E-state index < -0.39 is 0 Å². The van der Waals surface area contributed by atoms with Crippen molar-refractivity contribution in [2.24, 2.45) is 0 Å². The monoisotopic (exact) mass is 366 g/mol. The molecule has 3 nitrogen and oxygen atoms in total. The number of urea groups is 1. The van der Waals surface area contributed by atoms with Crippen LogP contribution in [0.15, 0.2) is 60.7 Å². The van der Waals surface area contributed by atoms with Gasteiger partial charge in [-0.05, 0) is 30.5 Å². The van der Waals surface area contributed by atoms with Crippen molar-refractivity contribution in [2.45, 2.75) is 58.9 Å². The highest BCUT2D eigenvalue weighted by Gasteiger charge is 2.22. The van der Waals surface area contributed by atoms with Gasteiger partial charge in [-0.3, -0.25) is 4.90 Å². The molecule has 3 heteroatoms.